The first-order valence-electron chi connectivity index (χ1n) is 6.99. The van der Waals surface area contributed by atoms with Gasteiger partial charge in [0.2, 0.25) is 0 Å². The van der Waals surface area contributed by atoms with E-state index in [0.29, 0.717) is 5.75 Å². The molecule has 1 aliphatic rings. The van der Waals surface area contributed by atoms with Crippen LogP contribution in [0.5, 0.6) is 11.5 Å². The van der Waals surface area contributed by atoms with Gasteiger partial charge in [-0.05, 0) is 36.8 Å². The summed E-state index contributed by atoms with van der Waals surface area (Å²) in [5, 5.41) is 0. The summed E-state index contributed by atoms with van der Waals surface area (Å²) in [6, 6.07) is 15.2. The molecule has 2 aromatic carbocycles. The Labute approximate surface area is 128 Å². The summed E-state index contributed by atoms with van der Waals surface area (Å²) in [5.41, 5.74) is 2.05. The summed E-state index contributed by atoms with van der Waals surface area (Å²) in [4.78, 5) is 24.2. The standard InChI is InChI=1S/C18H15NO3/c1-13-2-6-15(7-3-13)22-16-8-4-14(5-9-16)12-19-17(20)10-11-18(19)21/h2-11H,12H2,1H3. The Balaban J connectivity index is 1.66. The number of carbonyl (C=O) groups is 2. The number of carbonyl (C=O) groups excluding carboxylic acids is 2. The molecule has 0 spiro atoms. The number of imide groups is 1. The van der Waals surface area contributed by atoms with Crippen molar-refractivity contribution in [2.24, 2.45) is 0 Å². The average molecular weight is 293 g/mol. The van der Waals surface area contributed by atoms with Gasteiger partial charge < -0.3 is 4.74 Å². The first kappa shape index (κ1) is 14.1. The first-order valence-corrected chi connectivity index (χ1v) is 6.99. The van der Waals surface area contributed by atoms with E-state index in [4.69, 9.17) is 4.74 Å². The summed E-state index contributed by atoms with van der Waals surface area (Å²) in [6.45, 7) is 2.30. The van der Waals surface area contributed by atoms with Gasteiger partial charge in [0.05, 0.1) is 6.54 Å². The minimum Gasteiger partial charge on any atom is -0.457 e. The zero-order valence-corrected chi connectivity index (χ0v) is 12.2. The Morgan fingerprint density at radius 2 is 1.32 bits per heavy atom. The molecule has 0 atom stereocenters. The van der Waals surface area contributed by atoms with E-state index >= 15 is 0 Å². The molecule has 0 unspecified atom stereocenters. The van der Waals surface area contributed by atoms with E-state index in [0.717, 1.165) is 11.3 Å². The molecule has 0 saturated heterocycles. The zero-order valence-electron chi connectivity index (χ0n) is 12.2. The lowest BCUT2D eigenvalue weighted by molar-refractivity contribution is -0.137. The van der Waals surface area contributed by atoms with E-state index in [1.807, 2.05) is 55.5 Å². The molecular weight excluding hydrogens is 278 g/mol. The van der Waals surface area contributed by atoms with Crippen molar-refractivity contribution in [1.82, 2.24) is 4.90 Å². The molecule has 0 saturated carbocycles. The van der Waals surface area contributed by atoms with Gasteiger partial charge in [-0.3, -0.25) is 14.5 Å². The summed E-state index contributed by atoms with van der Waals surface area (Å²) in [5.74, 6) is 0.937. The van der Waals surface area contributed by atoms with E-state index in [-0.39, 0.29) is 18.4 Å². The van der Waals surface area contributed by atoms with Crippen LogP contribution in [0, 0.1) is 6.92 Å². The number of rotatable bonds is 4. The third-order valence-corrected chi connectivity index (χ3v) is 3.42. The molecule has 22 heavy (non-hydrogen) atoms. The molecule has 2 aromatic rings. The predicted octanol–water partition coefficient (Wildman–Crippen LogP) is 3.21. The zero-order chi connectivity index (χ0) is 15.5. The van der Waals surface area contributed by atoms with E-state index in [1.165, 1.54) is 22.6 Å². The van der Waals surface area contributed by atoms with Gasteiger partial charge in [-0.25, -0.2) is 0 Å². The highest BCUT2D eigenvalue weighted by Crippen LogP contribution is 2.22. The lowest BCUT2D eigenvalue weighted by Gasteiger charge is -2.14. The van der Waals surface area contributed by atoms with Crippen molar-refractivity contribution in [3.8, 4) is 11.5 Å². The second-order valence-electron chi connectivity index (χ2n) is 5.16. The van der Waals surface area contributed by atoms with Crippen molar-refractivity contribution in [3.05, 3.63) is 71.8 Å². The van der Waals surface area contributed by atoms with Crippen molar-refractivity contribution in [2.75, 3.05) is 0 Å². The van der Waals surface area contributed by atoms with Crippen molar-refractivity contribution in [1.29, 1.82) is 0 Å². The van der Waals surface area contributed by atoms with E-state index < -0.39 is 0 Å². The third kappa shape index (κ3) is 3.06. The fourth-order valence-electron chi connectivity index (χ4n) is 2.17. The van der Waals surface area contributed by atoms with E-state index in [1.54, 1.807) is 0 Å². The lowest BCUT2D eigenvalue weighted by atomic mass is 10.2. The van der Waals surface area contributed by atoms with Crippen LogP contribution in [0.4, 0.5) is 0 Å². The van der Waals surface area contributed by atoms with Gasteiger partial charge in [-0.1, -0.05) is 29.8 Å². The molecule has 3 rings (SSSR count). The first-order chi connectivity index (χ1) is 10.6. The van der Waals surface area contributed by atoms with Crippen molar-refractivity contribution >= 4 is 11.8 Å². The fourth-order valence-corrected chi connectivity index (χ4v) is 2.17. The molecule has 4 nitrogen and oxygen atoms in total. The van der Waals surface area contributed by atoms with Crippen LogP contribution < -0.4 is 4.74 Å². The lowest BCUT2D eigenvalue weighted by Crippen LogP contribution is -2.29. The number of nitrogens with zero attached hydrogens (tertiary/aromatic N) is 1. The topological polar surface area (TPSA) is 46.6 Å². The molecule has 2 amide bonds. The maximum atomic E-state index is 11.5. The van der Waals surface area contributed by atoms with Gasteiger partial charge >= 0.3 is 0 Å². The number of ether oxygens (including phenoxy) is 1. The van der Waals surface area contributed by atoms with Crippen LogP contribution in [0.25, 0.3) is 0 Å². The maximum Gasteiger partial charge on any atom is 0.253 e. The van der Waals surface area contributed by atoms with Crippen LogP contribution in [0.2, 0.25) is 0 Å². The highest BCUT2D eigenvalue weighted by Gasteiger charge is 2.23. The van der Waals surface area contributed by atoms with E-state index in [9.17, 15) is 9.59 Å². The molecule has 0 aliphatic carbocycles. The quantitative estimate of drug-likeness (QED) is 0.813. The van der Waals surface area contributed by atoms with Gasteiger partial charge in [-0.15, -0.1) is 0 Å². The van der Waals surface area contributed by atoms with Crippen molar-refractivity contribution in [2.45, 2.75) is 13.5 Å². The minimum absolute atomic E-state index is 0.273. The van der Waals surface area contributed by atoms with Crippen LogP contribution in [-0.4, -0.2) is 16.7 Å². The number of amides is 2. The number of benzene rings is 2. The minimum atomic E-state index is -0.273. The molecule has 0 bridgehead atoms. The SMILES string of the molecule is Cc1ccc(Oc2ccc(CN3C(=O)C=CC3=O)cc2)cc1. The Morgan fingerprint density at radius 1 is 0.818 bits per heavy atom. The highest BCUT2D eigenvalue weighted by atomic mass is 16.5. The molecule has 1 aliphatic heterocycles. The Bertz CT molecular complexity index is 712. The van der Waals surface area contributed by atoms with Gasteiger partial charge in [0.1, 0.15) is 11.5 Å². The summed E-state index contributed by atoms with van der Waals surface area (Å²) in [6.07, 6.45) is 2.58. The van der Waals surface area contributed by atoms with E-state index in [2.05, 4.69) is 0 Å². The van der Waals surface area contributed by atoms with Gasteiger partial charge in [0.25, 0.3) is 11.8 Å². The largest absolute Gasteiger partial charge is 0.457 e. The Morgan fingerprint density at radius 3 is 1.86 bits per heavy atom. The third-order valence-electron chi connectivity index (χ3n) is 3.42. The Kier molecular flexibility index (Phi) is 3.74. The van der Waals surface area contributed by atoms with Crippen molar-refractivity contribution in [3.63, 3.8) is 0 Å². The normalized spacial score (nSPS) is 13.8. The van der Waals surface area contributed by atoms with Gasteiger partial charge in [0.15, 0.2) is 0 Å². The van der Waals surface area contributed by atoms with Crippen LogP contribution in [0.3, 0.4) is 0 Å². The number of aryl methyl sites for hydroxylation is 1. The predicted molar refractivity (Wildman–Crippen MR) is 82.4 cm³/mol. The number of hydrogen-bond donors (Lipinski definition) is 0. The summed E-state index contributed by atoms with van der Waals surface area (Å²) in [7, 11) is 0. The molecule has 110 valence electrons. The van der Waals surface area contributed by atoms with Crippen LogP contribution >= 0.6 is 0 Å². The summed E-state index contributed by atoms with van der Waals surface area (Å²) < 4.78 is 5.74. The van der Waals surface area contributed by atoms with Gasteiger partial charge in [-0.2, -0.15) is 0 Å². The smallest absolute Gasteiger partial charge is 0.253 e. The van der Waals surface area contributed by atoms with Gasteiger partial charge in [0, 0.05) is 12.2 Å². The fraction of sp³-hybridized carbons (Fsp3) is 0.111. The highest BCUT2D eigenvalue weighted by molar-refractivity contribution is 6.12. The summed E-state index contributed by atoms with van der Waals surface area (Å²) >= 11 is 0. The van der Waals surface area contributed by atoms with Crippen LogP contribution in [0.1, 0.15) is 11.1 Å². The molecule has 0 fully saturated rings. The molecule has 0 N–H and O–H groups in total. The second kappa shape index (κ2) is 5.85. The molecule has 4 heteroatoms. The average Bonchev–Trinajstić information content (AvgIpc) is 2.83. The number of hydrogen-bond acceptors (Lipinski definition) is 3. The Hall–Kier alpha value is -2.88. The second-order valence-corrected chi connectivity index (χ2v) is 5.16. The van der Waals surface area contributed by atoms with Crippen molar-refractivity contribution < 1.29 is 14.3 Å². The monoisotopic (exact) mass is 293 g/mol. The van der Waals surface area contributed by atoms with Crippen LogP contribution in [-0.2, 0) is 16.1 Å². The molecule has 1 heterocycles. The maximum absolute atomic E-state index is 11.5. The van der Waals surface area contributed by atoms with Crippen LogP contribution in [0.15, 0.2) is 60.7 Å². The molecule has 0 aromatic heterocycles. The molecular formula is C18H15NO3. The molecule has 0 radical (unpaired) electrons.